The van der Waals surface area contributed by atoms with E-state index >= 15 is 0 Å². The van der Waals surface area contributed by atoms with Gasteiger partial charge in [-0.05, 0) is 18.8 Å². The van der Waals surface area contributed by atoms with E-state index in [4.69, 9.17) is 5.11 Å². The Bertz CT molecular complexity index is 288. The zero-order valence-corrected chi connectivity index (χ0v) is 10.3. The van der Waals surface area contributed by atoms with Gasteiger partial charge in [-0.3, -0.25) is 4.79 Å². The highest BCUT2D eigenvalue weighted by atomic mass is 35.5. The number of hydrogen-bond acceptors (Lipinski definition) is 2. The number of nitrogens with zero attached hydrogens (tertiary/aromatic N) is 2. The average molecular weight is 247 g/mol. The fraction of sp³-hybridized carbons (Fsp3) is 0.636. The maximum atomic E-state index is 10.3. The van der Waals surface area contributed by atoms with Crippen LogP contribution >= 0.6 is 12.4 Å². The molecule has 0 fully saturated rings. The van der Waals surface area contributed by atoms with Crippen molar-refractivity contribution in [2.75, 3.05) is 0 Å². The highest BCUT2D eigenvalue weighted by Gasteiger charge is 2.03. The quantitative estimate of drug-likeness (QED) is 0.753. The van der Waals surface area contributed by atoms with Gasteiger partial charge in [0.25, 0.3) is 0 Å². The third kappa shape index (κ3) is 6.45. The van der Waals surface area contributed by atoms with Gasteiger partial charge in [-0.15, -0.1) is 12.4 Å². The van der Waals surface area contributed by atoms with Crippen molar-refractivity contribution in [2.45, 2.75) is 39.2 Å². The molecule has 0 amide bonds. The summed E-state index contributed by atoms with van der Waals surface area (Å²) in [5, 5.41) is 8.47. The van der Waals surface area contributed by atoms with E-state index < -0.39 is 5.97 Å². The van der Waals surface area contributed by atoms with Gasteiger partial charge in [0, 0.05) is 25.4 Å². The average Bonchev–Trinajstić information content (AvgIpc) is 2.64. The first kappa shape index (κ1) is 15.0. The molecule has 1 N–H and O–H groups in total. The van der Waals surface area contributed by atoms with Crippen LogP contribution in [-0.2, 0) is 11.3 Å². The van der Waals surface area contributed by atoms with E-state index in [2.05, 4.69) is 16.5 Å². The minimum Gasteiger partial charge on any atom is -0.481 e. The summed E-state index contributed by atoms with van der Waals surface area (Å²) >= 11 is 0. The molecule has 0 aromatic carbocycles. The molecule has 0 saturated heterocycles. The summed E-state index contributed by atoms with van der Waals surface area (Å²) in [6.45, 7) is 3.15. The Kier molecular flexibility index (Phi) is 7.64. The van der Waals surface area contributed by atoms with Gasteiger partial charge in [-0.1, -0.05) is 13.3 Å². The molecule has 16 heavy (non-hydrogen) atoms. The third-order valence-electron chi connectivity index (χ3n) is 2.42. The second kappa shape index (κ2) is 8.16. The Morgan fingerprint density at radius 2 is 2.25 bits per heavy atom. The Morgan fingerprint density at radius 3 is 2.81 bits per heavy atom. The SMILES string of the molecule is CC(CCCCC(=O)O)Cn1ccnc1.Cl. The lowest BCUT2D eigenvalue weighted by Crippen LogP contribution is -2.06. The minimum absolute atomic E-state index is 0. The van der Waals surface area contributed by atoms with Crippen LogP contribution in [0.4, 0.5) is 0 Å². The first-order valence-corrected chi connectivity index (χ1v) is 5.36. The molecule has 1 aromatic rings. The van der Waals surface area contributed by atoms with E-state index in [1.54, 1.807) is 6.20 Å². The molecule has 0 aliphatic heterocycles. The summed E-state index contributed by atoms with van der Waals surface area (Å²) in [7, 11) is 0. The van der Waals surface area contributed by atoms with Gasteiger partial charge in [-0.25, -0.2) is 4.98 Å². The topological polar surface area (TPSA) is 55.1 Å². The molecule has 5 heteroatoms. The summed E-state index contributed by atoms with van der Waals surface area (Å²) in [6.07, 6.45) is 8.67. The number of imidazole rings is 1. The normalized spacial score (nSPS) is 11.8. The van der Waals surface area contributed by atoms with Crippen LogP contribution in [0.15, 0.2) is 18.7 Å². The van der Waals surface area contributed by atoms with Crippen molar-refractivity contribution in [3.63, 3.8) is 0 Å². The van der Waals surface area contributed by atoms with E-state index in [-0.39, 0.29) is 18.8 Å². The summed E-state index contributed by atoms with van der Waals surface area (Å²) < 4.78 is 2.06. The molecule has 0 radical (unpaired) electrons. The monoisotopic (exact) mass is 246 g/mol. The molecular formula is C11H19ClN2O2. The fourth-order valence-corrected chi connectivity index (χ4v) is 1.61. The number of carboxylic acid groups (broad SMARTS) is 1. The number of carbonyl (C=O) groups is 1. The predicted octanol–water partition coefficient (Wildman–Crippen LogP) is 2.59. The van der Waals surface area contributed by atoms with Gasteiger partial charge in [0.2, 0.25) is 0 Å². The zero-order chi connectivity index (χ0) is 11.1. The Balaban J connectivity index is 0.00000225. The fourth-order valence-electron chi connectivity index (χ4n) is 1.61. The molecule has 1 heterocycles. The number of rotatable bonds is 7. The molecule has 1 unspecified atom stereocenters. The summed E-state index contributed by atoms with van der Waals surface area (Å²) in [4.78, 5) is 14.3. The van der Waals surface area contributed by atoms with Crippen LogP contribution in [0.3, 0.4) is 0 Å². The minimum atomic E-state index is -0.697. The lowest BCUT2D eigenvalue weighted by Gasteiger charge is -2.11. The van der Waals surface area contributed by atoms with Crippen LogP contribution in [0.1, 0.15) is 32.6 Å². The van der Waals surface area contributed by atoms with Crippen molar-refractivity contribution in [3.05, 3.63) is 18.7 Å². The first-order chi connectivity index (χ1) is 7.18. The lowest BCUT2D eigenvalue weighted by molar-refractivity contribution is -0.137. The molecule has 0 aliphatic rings. The van der Waals surface area contributed by atoms with Gasteiger partial charge in [0.05, 0.1) is 6.33 Å². The number of halogens is 1. The highest BCUT2D eigenvalue weighted by Crippen LogP contribution is 2.11. The van der Waals surface area contributed by atoms with Crippen LogP contribution in [0.2, 0.25) is 0 Å². The maximum absolute atomic E-state index is 10.3. The van der Waals surface area contributed by atoms with E-state index in [9.17, 15) is 4.79 Å². The van der Waals surface area contributed by atoms with Gasteiger partial charge >= 0.3 is 5.97 Å². The van der Waals surface area contributed by atoms with Crippen LogP contribution < -0.4 is 0 Å². The van der Waals surface area contributed by atoms with Crippen molar-refractivity contribution >= 4 is 18.4 Å². The van der Waals surface area contributed by atoms with E-state index in [1.165, 1.54) is 0 Å². The van der Waals surface area contributed by atoms with E-state index in [0.29, 0.717) is 5.92 Å². The van der Waals surface area contributed by atoms with Gasteiger partial charge in [-0.2, -0.15) is 0 Å². The number of aromatic nitrogens is 2. The molecule has 92 valence electrons. The van der Waals surface area contributed by atoms with E-state index in [1.807, 2.05) is 12.5 Å². The molecule has 1 atom stereocenters. The van der Waals surface area contributed by atoms with Crippen molar-refractivity contribution in [1.29, 1.82) is 0 Å². The van der Waals surface area contributed by atoms with Crippen molar-refractivity contribution in [1.82, 2.24) is 9.55 Å². The highest BCUT2D eigenvalue weighted by molar-refractivity contribution is 5.85. The lowest BCUT2D eigenvalue weighted by atomic mass is 10.0. The summed E-state index contributed by atoms with van der Waals surface area (Å²) in [5.41, 5.74) is 0. The van der Waals surface area contributed by atoms with Gasteiger partial charge in [0.15, 0.2) is 0 Å². The molecule has 1 rings (SSSR count). The molecule has 0 bridgehead atoms. The number of unbranched alkanes of at least 4 members (excludes halogenated alkanes) is 1. The van der Waals surface area contributed by atoms with Crippen LogP contribution in [0, 0.1) is 5.92 Å². The second-order valence-electron chi connectivity index (χ2n) is 4.00. The van der Waals surface area contributed by atoms with Gasteiger partial charge in [0.1, 0.15) is 0 Å². The zero-order valence-electron chi connectivity index (χ0n) is 9.50. The van der Waals surface area contributed by atoms with Crippen molar-refractivity contribution in [3.8, 4) is 0 Å². The molecule has 0 aliphatic carbocycles. The van der Waals surface area contributed by atoms with Crippen LogP contribution in [-0.4, -0.2) is 20.6 Å². The third-order valence-corrected chi connectivity index (χ3v) is 2.42. The van der Waals surface area contributed by atoms with Crippen LogP contribution in [0.5, 0.6) is 0 Å². The molecule has 0 saturated carbocycles. The van der Waals surface area contributed by atoms with Crippen LogP contribution in [0.25, 0.3) is 0 Å². The first-order valence-electron chi connectivity index (χ1n) is 5.36. The standard InChI is InChI=1S/C11H18N2O2.ClH/c1-10(4-2-3-5-11(14)15)8-13-7-6-12-9-13;/h6-7,9-10H,2-5,8H2,1H3,(H,14,15);1H. The van der Waals surface area contributed by atoms with Crippen molar-refractivity contribution < 1.29 is 9.90 Å². The molecular weight excluding hydrogens is 228 g/mol. The van der Waals surface area contributed by atoms with E-state index in [0.717, 1.165) is 25.8 Å². The summed E-state index contributed by atoms with van der Waals surface area (Å²) in [5.74, 6) is -0.120. The van der Waals surface area contributed by atoms with Gasteiger partial charge < -0.3 is 9.67 Å². The summed E-state index contributed by atoms with van der Waals surface area (Å²) in [6, 6.07) is 0. The number of carboxylic acids is 1. The predicted molar refractivity (Wildman–Crippen MR) is 64.7 cm³/mol. The second-order valence-corrected chi connectivity index (χ2v) is 4.00. The smallest absolute Gasteiger partial charge is 0.303 e. The largest absolute Gasteiger partial charge is 0.481 e. The maximum Gasteiger partial charge on any atom is 0.303 e. The molecule has 1 aromatic heterocycles. The Hall–Kier alpha value is -1.03. The molecule has 4 nitrogen and oxygen atoms in total. The Morgan fingerprint density at radius 1 is 1.50 bits per heavy atom. The number of aliphatic carboxylic acids is 1. The Labute approximate surface area is 102 Å². The number of hydrogen-bond donors (Lipinski definition) is 1. The molecule has 0 spiro atoms. The van der Waals surface area contributed by atoms with Crippen molar-refractivity contribution in [2.24, 2.45) is 5.92 Å².